The Kier molecular flexibility index (Phi) is 5.63. The number of ether oxygens (including phenoxy) is 1. The van der Waals surface area contributed by atoms with Crippen LogP contribution in [0.4, 0.5) is 0 Å². The van der Waals surface area contributed by atoms with Crippen LogP contribution in [-0.2, 0) is 11.3 Å². The molecule has 0 atom stereocenters. The molecule has 0 N–H and O–H groups in total. The SMILES string of the molecule is C=CCn1c(=NC(=O)/C=C/c2cccs2)sc2cccc(OCC)c21. The van der Waals surface area contributed by atoms with E-state index in [1.165, 1.54) is 17.4 Å². The maximum absolute atomic E-state index is 12.2. The summed E-state index contributed by atoms with van der Waals surface area (Å²) in [7, 11) is 0. The van der Waals surface area contributed by atoms with Crippen LogP contribution in [0.3, 0.4) is 0 Å². The zero-order valence-electron chi connectivity index (χ0n) is 13.8. The zero-order chi connectivity index (χ0) is 17.6. The number of para-hydroxylation sites is 1. The van der Waals surface area contributed by atoms with E-state index >= 15 is 0 Å². The molecule has 0 unspecified atom stereocenters. The standard InChI is InChI=1S/C19H18N2O2S2/c1-3-12-21-18-15(23-4-2)8-5-9-16(18)25-19(21)20-17(22)11-10-14-7-6-13-24-14/h3,5-11,13H,1,4,12H2,2H3/b11-10+,20-19?. The third kappa shape index (κ3) is 3.97. The molecular weight excluding hydrogens is 352 g/mol. The van der Waals surface area contributed by atoms with E-state index < -0.39 is 0 Å². The van der Waals surface area contributed by atoms with Gasteiger partial charge in [-0.25, -0.2) is 0 Å². The Bertz CT molecular complexity index is 979. The van der Waals surface area contributed by atoms with Gasteiger partial charge in [-0.15, -0.1) is 17.9 Å². The van der Waals surface area contributed by atoms with E-state index in [0.717, 1.165) is 20.8 Å². The van der Waals surface area contributed by atoms with E-state index in [0.29, 0.717) is 18.0 Å². The first kappa shape index (κ1) is 17.4. The largest absolute Gasteiger partial charge is 0.492 e. The van der Waals surface area contributed by atoms with Crippen LogP contribution >= 0.6 is 22.7 Å². The summed E-state index contributed by atoms with van der Waals surface area (Å²) in [6, 6.07) is 9.79. The number of fused-ring (bicyclic) bond motifs is 1. The summed E-state index contributed by atoms with van der Waals surface area (Å²) in [5.74, 6) is 0.511. The number of rotatable bonds is 6. The molecule has 1 amide bonds. The number of benzene rings is 1. The van der Waals surface area contributed by atoms with Crippen molar-refractivity contribution in [3.8, 4) is 5.75 Å². The van der Waals surface area contributed by atoms with Crippen molar-refractivity contribution in [3.63, 3.8) is 0 Å². The van der Waals surface area contributed by atoms with E-state index in [1.54, 1.807) is 23.5 Å². The Labute approximate surface area is 154 Å². The maximum Gasteiger partial charge on any atom is 0.272 e. The van der Waals surface area contributed by atoms with Crippen LogP contribution in [0.2, 0.25) is 0 Å². The number of thiophene rings is 1. The number of hydrogen-bond donors (Lipinski definition) is 0. The number of amides is 1. The highest BCUT2D eigenvalue weighted by Gasteiger charge is 2.11. The second kappa shape index (κ2) is 8.09. The molecule has 0 radical (unpaired) electrons. The summed E-state index contributed by atoms with van der Waals surface area (Å²) in [4.78, 5) is 18.2. The van der Waals surface area contributed by atoms with Gasteiger partial charge in [0.25, 0.3) is 5.91 Å². The molecule has 6 heteroatoms. The molecule has 2 heterocycles. The lowest BCUT2D eigenvalue weighted by atomic mass is 10.3. The molecule has 2 aromatic heterocycles. The minimum Gasteiger partial charge on any atom is -0.492 e. The molecule has 0 saturated carbocycles. The van der Waals surface area contributed by atoms with Gasteiger partial charge in [0.1, 0.15) is 11.3 Å². The molecule has 25 heavy (non-hydrogen) atoms. The van der Waals surface area contributed by atoms with Crippen molar-refractivity contribution in [1.82, 2.24) is 4.57 Å². The van der Waals surface area contributed by atoms with Crippen LogP contribution in [0, 0.1) is 0 Å². The number of nitrogens with zero attached hydrogens (tertiary/aromatic N) is 2. The van der Waals surface area contributed by atoms with Crippen molar-refractivity contribution in [3.05, 3.63) is 64.1 Å². The molecule has 0 aliphatic carbocycles. The fourth-order valence-electron chi connectivity index (χ4n) is 2.42. The van der Waals surface area contributed by atoms with Gasteiger partial charge in [0.2, 0.25) is 0 Å². The molecule has 0 bridgehead atoms. The third-order valence-corrected chi connectivity index (χ3v) is 5.30. The Morgan fingerprint density at radius 3 is 2.96 bits per heavy atom. The van der Waals surface area contributed by atoms with E-state index in [2.05, 4.69) is 11.6 Å². The highest BCUT2D eigenvalue weighted by atomic mass is 32.1. The Hall–Kier alpha value is -2.44. The number of hydrogen-bond acceptors (Lipinski definition) is 4. The predicted molar refractivity (Wildman–Crippen MR) is 105 cm³/mol. The highest BCUT2D eigenvalue weighted by molar-refractivity contribution is 7.16. The van der Waals surface area contributed by atoms with Gasteiger partial charge in [0, 0.05) is 17.5 Å². The molecule has 0 spiro atoms. The number of thiazole rings is 1. The van der Waals surface area contributed by atoms with Gasteiger partial charge in [-0.05, 0) is 36.6 Å². The van der Waals surface area contributed by atoms with Crippen LogP contribution in [0.25, 0.3) is 16.3 Å². The van der Waals surface area contributed by atoms with Crippen LogP contribution in [-0.4, -0.2) is 17.1 Å². The average molecular weight is 370 g/mol. The smallest absolute Gasteiger partial charge is 0.272 e. The fraction of sp³-hybridized carbons (Fsp3) is 0.158. The molecule has 3 rings (SSSR count). The van der Waals surface area contributed by atoms with Gasteiger partial charge < -0.3 is 9.30 Å². The fourth-order valence-corrected chi connectivity index (χ4v) is 4.10. The summed E-state index contributed by atoms with van der Waals surface area (Å²) in [5, 5.41) is 1.97. The lowest BCUT2D eigenvalue weighted by molar-refractivity contribution is -0.113. The van der Waals surface area contributed by atoms with E-state index in [-0.39, 0.29) is 5.91 Å². The molecule has 0 saturated heterocycles. The van der Waals surface area contributed by atoms with Crippen LogP contribution < -0.4 is 9.54 Å². The first-order valence-corrected chi connectivity index (χ1v) is 9.59. The minimum absolute atomic E-state index is 0.282. The normalized spacial score (nSPS) is 12.1. The van der Waals surface area contributed by atoms with Gasteiger partial charge in [-0.3, -0.25) is 4.79 Å². The second-order valence-corrected chi connectivity index (χ2v) is 7.11. The Morgan fingerprint density at radius 2 is 2.24 bits per heavy atom. The number of carbonyl (C=O) groups excluding carboxylic acids is 1. The molecule has 1 aromatic carbocycles. The van der Waals surface area contributed by atoms with E-state index in [9.17, 15) is 4.79 Å². The Morgan fingerprint density at radius 1 is 1.36 bits per heavy atom. The van der Waals surface area contributed by atoms with Crippen molar-refractivity contribution in [2.75, 3.05) is 6.61 Å². The molecule has 4 nitrogen and oxygen atoms in total. The summed E-state index contributed by atoms with van der Waals surface area (Å²) in [5.41, 5.74) is 0.947. The molecule has 0 aliphatic heterocycles. The number of aromatic nitrogens is 1. The molecule has 3 aromatic rings. The monoisotopic (exact) mass is 370 g/mol. The highest BCUT2D eigenvalue weighted by Crippen LogP contribution is 2.27. The van der Waals surface area contributed by atoms with E-state index in [4.69, 9.17) is 4.74 Å². The second-order valence-electron chi connectivity index (χ2n) is 5.12. The van der Waals surface area contributed by atoms with Gasteiger partial charge in [-0.2, -0.15) is 4.99 Å². The third-order valence-electron chi connectivity index (χ3n) is 3.41. The van der Waals surface area contributed by atoms with Crippen molar-refractivity contribution in [2.45, 2.75) is 13.5 Å². The molecule has 0 aliphatic rings. The summed E-state index contributed by atoms with van der Waals surface area (Å²) in [6.45, 7) is 6.91. The first-order chi connectivity index (χ1) is 12.2. The molecule has 0 fully saturated rings. The van der Waals surface area contributed by atoms with Gasteiger partial charge in [0.05, 0.1) is 11.3 Å². The molecular formula is C19H18N2O2S2. The summed E-state index contributed by atoms with van der Waals surface area (Å²) >= 11 is 3.05. The zero-order valence-corrected chi connectivity index (χ0v) is 15.5. The quantitative estimate of drug-likeness (QED) is 0.474. The van der Waals surface area contributed by atoms with Crippen molar-refractivity contribution >= 4 is 44.9 Å². The first-order valence-electron chi connectivity index (χ1n) is 7.89. The molecule has 128 valence electrons. The van der Waals surface area contributed by atoms with Crippen molar-refractivity contribution in [1.29, 1.82) is 0 Å². The van der Waals surface area contributed by atoms with Crippen molar-refractivity contribution < 1.29 is 9.53 Å². The number of allylic oxidation sites excluding steroid dienone is 1. The predicted octanol–water partition coefficient (Wildman–Crippen LogP) is 4.49. The van der Waals surface area contributed by atoms with Crippen LogP contribution in [0.1, 0.15) is 11.8 Å². The van der Waals surface area contributed by atoms with Gasteiger partial charge in [-0.1, -0.05) is 29.5 Å². The van der Waals surface area contributed by atoms with Gasteiger partial charge in [0.15, 0.2) is 4.80 Å². The summed E-state index contributed by atoms with van der Waals surface area (Å²) < 4.78 is 8.73. The van der Waals surface area contributed by atoms with E-state index in [1.807, 2.05) is 47.2 Å². The lowest BCUT2D eigenvalue weighted by Gasteiger charge is -2.07. The Balaban J connectivity index is 2.05. The number of carbonyl (C=O) groups is 1. The topological polar surface area (TPSA) is 43.6 Å². The maximum atomic E-state index is 12.2. The van der Waals surface area contributed by atoms with Crippen LogP contribution in [0.5, 0.6) is 5.75 Å². The van der Waals surface area contributed by atoms with Crippen LogP contribution in [0.15, 0.2) is 59.4 Å². The van der Waals surface area contributed by atoms with Crippen molar-refractivity contribution in [2.24, 2.45) is 4.99 Å². The summed E-state index contributed by atoms with van der Waals surface area (Å²) in [6.07, 6.45) is 5.07. The van der Waals surface area contributed by atoms with Gasteiger partial charge >= 0.3 is 0 Å². The minimum atomic E-state index is -0.282. The average Bonchev–Trinajstić information content (AvgIpc) is 3.23. The lowest BCUT2D eigenvalue weighted by Crippen LogP contribution is -2.16.